The summed E-state index contributed by atoms with van der Waals surface area (Å²) in [6.45, 7) is 0.520. The van der Waals surface area contributed by atoms with Gasteiger partial charge in [0, 0.05) is 18.5 Å². The average molecular weight is 272 g/mol. The SMILES string of the molecule is O=C(O)CCCn1nnnc1-c1ccc2c(c1)CCC2. The molecule has 20 heavy (non-hydrogen) atoms. The summed E-state index contributed by atoms with van der Waals surface area (Å²) in [4.78, 5) is 10.5. The monoisotopic (exact) mass is 272 g/mol. The molecule has 0 fully saturated rings. The Kier molecular flexibility index (Phi) is 3.45. The second-order valence-corrected chi connectivity index (χ2v) is 5.06. The van der Waals surface area contributed by atoms with E-state index in [9.17, 15) is 4.79 Å². The first-order valence-corrected chi connectivity index (χ1v) is 6.84. The molecule has 6 heteroatoms. The van der Waals surface area contributed by atoms with E-state index >= 15 is 0 Å². The first-order valence-electron chi connectivity index (χ1n) is 6.84. The smallest absolute Gasteiger partial charge is 0.303 e. The van der Waals surface area contributed by atoms with Crippen LogP contribution in [0.2, 0.25) is 0 Å². The number of carboxylic acid groups (broad SMARTS) is 1. The molecule has 1 N–H and O–H groups in total. The van der Waals surface area contributed by atoms with E-state index in [1.807, 2.05) is 6.07 Å². The topological polar surface area (TPSA) is 80.9 Å². The maximum absolute atomic E-state index is 10.5. The number of hydrogen-bond acceptors (Lipinski definition) is 4. The van der Waals surface area contributed by atoms with Gasteiger partial charge in [-0.2, -0.15) is 0 Å². The third kappa shape index (κ3) is 2.54. The van der Waals surface area contributed by atoms with E-state index in [1.165, 1.54) is 17.5 Å². The Morgan fingerprint density at radius 1 is 1.30 bits per heavy atom. The summed E-state index contributed by atoms with van der Waals surface area (Å²) >= 11 is 0. The molecule has 0 bridgehead atoms. The van der Waals surface area contributed by atoms with E-state index in [2.05, 4.69) is 27.7 Å². The van der Waals surface area contributed by atoms with Crippen molar-refractivity contribution in [2.24, 2.45) is 0 Å². The van der Waals surface area contributed by atoms with Gasteiger partial charge in [-0.15, -0.1) is 5.10 Å². The van der Waals surface area contributed by atoms with Crippen LogP contribution in [-0.2, 0) is 24.2 Å². The zero-order valence-corrected chi connectivity index (χ0v) is 11.1. The number of aliphatic carboxylic acids is 1. The van der Waals surface area contributed by atoms with Gasteiger partial charge in [0.05, 0.1) is 0 Å². The van der Waals surface area contributed by atoms with Crippen molar-refractivity contribution in [3.8, 4) is 11.4 Å². The Labute approximate surface area is 116 Å². The Hall–Kier alpha value is -2.24. The second-order valence-electron chi connectivity index (χ2n) is 5.06. The molecule has 1 aliphatic carbocycles. The molecule has 104 valence electrons. The molecule has 1 aliphatic rings. The molecule has 0 saturated heterocycles. The van der Waals surface area contributed by atoms with E-state index in [4.69, 9.17) is 5.11 Å². The fraction of sp³-hybridized carbons (Fsp3) is 0.429. The van der Waals surface area contributed by atoms with Crippen molar-refractivity contribution in [3.05, 3.63) is 29.3 Å². The number of aryl methyl sites for hydroxylation is 3. The average Bonchev–Trinajstić information content (AvgIpc) is 3.05. The molecular formula is C14H16N4O2. The number of carbonyl (C=O) groups is 1. The van der Waals surface area contributed by atoms with Gasteiger partial charge in [-0.1, -0.05) is 12.1 Å². The Balaban J connectivity index is 1.80. The predicted molar refractivity (Wildman–Crippen MR) is 72.1 cm³/mol. The minimum absolute atomic E-state index is 0.128. The first kappa shape index (κ1) is 12.8. The fourth-order valence-electron chi connectivity index (χ4n) is 2.65. The van der Waals surface area contributed by atoms with Crippen molar-refractivity contribution in [1.29, 1.82) is 0 Å². The molecule has 0 spiro atoms. The van der Waals surface area contributed by atoms with Gasteiger partial charge in [-0.25, -0.2) is 4.68 Å². The summed E-state index contributed by atoms with van der Waals surface area (Å²) in [5.74, 6) is -0.0813. The number of rotatable bonds is 5. The Morgan fingerprint density at radius 3 is 3.00 bits per heavy atom. The molecule has 3 rings (SSSR count). The largest absolute Gasteiger partial charge is 0.481 e. The molecule has 0 unspecified atom stereocenters. The number of carboxylic acids is 1. The number of nitrogens with zero attached hydrogens (tertiary/aromatic N) is 4. The molecule has 1 heterocycles. The highest BCUT2D eigenvalue weighted by molar-refractivity contribution is 5.66. The Morgan fingerprint density at radius 2 is 2.15 bits per heavy atom. The van der Waals surface area contributed by atoms with E-state index < -0.39 is 5.97 Å². The minimum atomic E-state index is -0.794. The van der Waals surface area contributed by atoms with Crippen LogP contribution in [0, 0.1) is 0 Å². The number of fused-ring (bicyclic) bond motifs is 1. The molecule has 0 radical (unpaired) electrons. The summed E-state index contributed by atoms with van der Waals surface area (Å²) in [7, 11) is 0. The van der Waals surface area contributed by atoms with Crippen LogP contribution in [0.5, 0.6) is 0 Å². The summed E-state index contributed by atoms with van der Waals surface area (Å²) in [5.41, 5.74) is 3.80. The molecular weight excluding hydrogens is 256 g/mol. The maximum Gasteiger partial charge on any atom is 0.303 e. The van der Waals surface area contributed by atoms with Crippen LogP contribution in [0.4, 0.5) is 0 Å². The van der Waals surface area contributed by atoms with Crippen molar-refractivity contribution < 1.29 is 9.90 Å². The van der Waals surface area contributed by atoms with Crippen LogP contribution in [0.3, 0.4) is 0 Å². The lowest BCUT2D eigenvalue weighted by atomic mass is 10.1. The lowest BCUT2D eigenvalue weighted by molar-refractivity contribution is -0.137. The fourth-order valence-corrected chi connectivity index (χ4v) is 2.65. The van der Waals surface area contributed by atoms with Gasteiger partial charge in [0.25, 0.3) is 0 Å². The zero-order chi connectivity index (χ0) is 13.9. The molecule has 0 aliphatic heterocycles. The van der Waals surface area contributed by atoms with Crippen LogP contribution >= 0.6 is 0 Å². The first-order chi connectivity index (χ1) is 9.74. The molecule has 6 nitrogen and oxygen atoms in total. The van der Waals surface area contributed by atoms with E-state index in [0.717, 1.165) is 18.4 Å². The van der Waals surface area contributed by atoms with Gasteiger partial charge in [0.2, 0.25) is 0 Å². The van der Waals surface area contributed by atoms with Crippen molar-refractivity contribution in [3.63, 3.8) is 0 Å². The van der Waals surface area contributed by atoms with Gasteiger partial charge in [-0.3, -0.25) is 4.79 Å². The second kappa shape index (κ2) is 5.40. The standard InChI is InChI=1S/C14H16N4O2/c19-13(20)5-2-8-18-14(15-16-17-18)12-7-6-10-3-1-4-11(10)9-12/h6-7,9H,1-5,8H2,(H,19,20). The van der Waals surface area contributed by atoms with Crippen molar-refractivity contribution in [1.82, 2.24) is 20.2 Å². The molecule has 1 aromatic heterocycles. The third-order valence-corrected chi connectivity index (χ3v) is 3.65. The van der Waals surface area contributed by atoms with Gasteiger partial charge in [0.15, 0.2) is 5.82 Å². The van der Waals surface area contributed by atoms with Gasteiger partial charge in [-0.05, 0) is 53.3 Å². The van der Waals surface area contributed by atoms with Crippen LogP contribution in [0.1, 0.15) is 30.4 Å². The molecule has 0 atom stereocenters. The van der Waals surface area contributed by atoms with Gasteiger partial charge < -0.3 is 5.11 Å². The quantitative estimate of drug-likeness (QED) is 0.895. The minimum Gasteiger partial charge on any atom is -0.481 e. The van der Waals surface area contributed by atoms with Crippen LogP contribution in [0.25, 0.3) is 11.4 Å². The normalized spacial score (nSPS) is 13.4. The Bertz CT molecular complexity index is 636. The van der Waals surface area contributed by atoms with Crippen molar-refractivity contribution >= 4 is 5.97 Å². The summed E-state index contributed by atoms with van der Waals surface area (Å²) < 4.78 is 1.68. The number of hydrogen-bond donors (Lipinski definition) is 1. The summed E-state index contributed by atoms with van der Waals surface area (Å²) in [6.07, 6.45) is 4.13. The highest BCUT2D eigenvalue weighted by Crippen LogP contribution is 2.26. The van der Waals surface area contributed by atoms with Crippen LogP contribution in [-0.4, -0.2) is 31.3 Å². The maximum atomic E-state index is 10.5. The van der Waals surface area contributed by atoms with Crippen molar-refractivity contribution in [2.45, 2.75) is 38.6 Å². The van der Waals surface area contributed by atoms with E-state index in [1.54, 1.807) is 4.68 Å². The zero-order valence-electron chi connectivity index (χ0n) is 11.1. The van der Waals surface area contributed by atoms with Gasteiger partial charge in [0.1, 0.15) is 0 Å². The third-order valence-electron chi connectivity index (χ3n) is 3.65. The van der Waals surface area contributed by atoms with E-state index in [0.29, 0.717) is 18.8 Å². The van der Waals surface area contributed by atoms with Crippen LogP contribution < -0.4 is 0 Å². The number of benzene rings is 1. The van der Waals surface area contributed by atoms with Crippen molar-refractivity contribution in [2.75, 3.05) is 0 Å². The molecule has 0 amide bonds. The lowest BCUT2D eigenvalue weighted by Gasteiger charge is -2.06. The number of tetrazole rings is 1. The van der Waals surface area contributed by atoms with E-state index in [-0.39, 0.29) is 6.42 Å². The molecule has 1 aromatic carbocycles. The summed E-state index contributed by atoms with van der Waals surface area (Å²) in [5, 5.41) is 20.4. The molecule has 2 aromatic rings. The van der Waals surface area contributed by atoms with Gasteiger partial charge >= 0.3 is 5.97 Å². The lowest BCUT2D eigenvalue weighted by Crippen LogP contribution is -2.05. The highest BCUT2D eigenvalue weighted by Gasteiger charge is 2.14. The highest BCUT2D eigenvalue weighted by atomic mass is 16.4. The van der Waals surface area contributed by atoms with Crippen LogP contribution in [0.15, 0.2) is 18.2 Å². The predicted octanol–water partition coefficient (Wildman–Crippen LogP) is 1.69. The summed E-state index contributed by atoms with van der Waals surface area (Å²) in [6, 6.07) is 6.35. The molecule has 0 saturated carbocycles. The number of aromatic nitrogens is 4.